The van der Waals surface area contributed by atoms with E-state index in [0.717, 1.165) is 21.5 Å². The first-order chi connectivity index (χ1) is 58.8. The highest BCUT2D eigenvalue weighted by Crippen LogP contribution is 2.36. The van der Waals surface area contributed by atoms with Gasteiger partial charge in [0.2, 0.25) is 53.2 Å². The molecule has 0 unspecified atom stereocenters. The van der Waals surface area contributed by atoms with Crippen LogP contribution in [0.4, 0.5) is 0 Å². The van der Waals surface area contributed by atoms with Gasteiger partial charge in [-0.25, -0.2) is 19.6 Å². The predicted octanol–water partition coefficient (Wildman–Crippen LogP) is 4.38. The van der Waals surface area contributed by atoms with Crippen LogP contribution in [0.25, 0.3) is 32.9 Å². The minimum Gasteiger partial charge on any atom is -0.487 e. The number of amides is 9. The number of tetrazole rings is 1. The van der Waals surface area contributed by atoms with Gasteiger partial charge in [0.1, 0.15) is 84.4 Å². The highest BCUT2D eigenvalue weighted by atomic mass is 16.5. The summed E-state index contributed by atoms with van der Waals surface area (Å²) in [6.45, 7) is 13.4. The summed E-state index contributed by atoms with van der Waals surface area (Å²) >= 11 is 0. The van der Waals surface area contributed by atoms with Crippen molar-refractivity contribution in [3.05, 3.63) is 216 Å². The Labute approximate surface area is 710 Å². The third-order valence-corrected chi connectivity index (χ3v) is 22.9. The number of imidazole rings is 1. The van der Waals surface area contributed by atoms with Crippen molar-refractivity contribution >= 4 is 80.7 Å². The van der Waals surface area contributed by atoms with Gasteiger partial charge >= 0.3 is 5.97 Å². The molecule has 7 aromatic carbocycles. The second-order valence-corrected chi connectivity index (χ2v) is 34.1. The van der Waals surface area contributed by atoms with Crippen molar-refractivity contribution in [3.63, 3.8) is 0 Å². The molecule has 34 nitrogen and oxygen atoms in total. The number of fused-ring (bicyclic) bond motifs is 2. The molecule has 123 heavy (non-hydrogen) atoms. The molecule has 9 heterocycles. The first-order valence-corrected chi connectivity index (χ1v) is 41.0. The molecule has 6 aliphatic heterocycles. The molecule has 644 valence electrons. The molecule has 2 fully saturated rings. The third kappa shape index (κ3) is 21.3. The number of aromatic nitrogens is 9. The van der Waals surface area contributed by atoms with Crippen LogP contribution in [-0.2, 0) is 99.1 Å². The number of hydrogen-bond donors (Lipinski definition) is 12. The fraction of sp³-hybridized carbons (Fsp3) is 0.393. The fourth-order valence-corrected chi connectivity index (χ4v) is 15.5. The first kappa shape index (κ1) is 87.5. The molecule has 12 atom stereocenters. The number of carbonyl (C=O) groups excluding carboxylic acids is 9. The first-order valence-electron chi connectivity index (χ1n) is 41.0. The molecule has 6 aliphatic rings. The lowest BCUT2D eigenvalue weighted by molar-refractivity contribution is -0.145. The Hall–Kier alpha value is -13.3. The molecule has 3 aromatic heterocycles. The van der Waals surface area contributed by atoms with Crippen LogP contribution in [0, 0.1) is 10.8 Å². The number of carboxylic acid groups (broad SMARTS) is 1. The van der Waals surface area contributed by atoms with Gasteiger partial charge in [0.05, 0.1) is 42.9 Å². The Morgan fingerprint density at radius 2 is 1.11 bits per heavy atom. The number of nitrogens with one attached hydrogen (secondary N) is 10. The van der Waals surface area contributed by atoms with E-state index in [1.807, 2.05) is 91.0 Å². The van der Waals surface area contributed by atoms with Crippen molar-refractivity contribution < 1.29 is 62.5 Å². The molecule has 0 spiro atoms. The monoisotopic (exact) mass is 1680 g/mol. The maximum absolute atomic E-state index is 15.8. The summed E-state index contributed by atoms with van der Waals surface area (Å²) in [7, 11) is 3.22. The average molecular weight is 1680 g/mol. The minimum absolute atomic E-state index is 0.00255. The summed E-state index contributed by atoms with van der Waals surface area (Å²) < 4.78 is 15.7. The van der Waals surface area contributed by atoms with Crippen LogP contribution in [0.1, 0.15) is 113 Å². The fourth-order valence-electron chi connectivity index (χ4n) is 15.5. The molecule has 0 radical (unpaired) electrons. The molecule has 0 aliphatic carbocycles. The summed E-state index contributed by atoms with van der Waals surface area (Å²) in [5.74, 6) is -6.10. The van der Waals surface area contributed by atoms with Gasteiger partial charge in [0.15, 0.2) is 5.82 Å². The maximum Gasteiger partial charge on any atom is 0.326 e. The van der Waals surface area contributed by atoms with Crippen LogP contribution < -0.4 is 63.1 Å². The number of carboxylic acids is 1. The van der Waals surface area contributed by atoms with E-state index in [2.05, 4.69) is 83.8 Å². The summed E-state index contributed by atoms with van der Waals surface area (Å²) in [5, 5.41) is 63.9. The van der Waals surface area contributed by atoms with E-state index in [0.29, 0.717) is 62.1 Å². The summed E-state index contributed by atoms with van der Waals surface area (Å²) in [4.78, 5) is 156. The Morgan fingerprint density at radius 3 is 1.65 bits per heavy atom. The lowest BCUT2D eigenvalue weighted by atomic mass is 9.85. The number of ether oxygens (including phenoxy) is 2. The zero-order valence-electron chi connectivity index (χ0n) is 70.3. The predicted molar refractivity (Wildman–Crippen MR) is 455 cm³/mol. The lowest BCUT2D eigenvalue weighted by Crippen LogP contribution is -2.61. The van der Waals surface area contributed by atoms with Gasteiger partial charge < -0.3 is 82.5 Å². The SMILES string of the molecule is CN[C@@H](C)C(=O)N[C@H](C(=O)N1C[C@@H]2C[C@H]1C(=O)N[C@@H](Cc1ccc3ccccc3c1)C(=O)N[C@H](C(=O)O)Cc1ccc(cc1)OCc1cn(cn1)[C@@]1(N)C[C@@H](C(=O)N[C@@H](Cc3ccc4ccccc4c3)C(=O)N[C@H](C(=O)NCc3cccc(-c4nnn[nH]4)c3)Cc3ccc(cc3)OCc3cn2nn3)N(C(=O)[C@@H](NC(=O)[C@H](C)NC)C(C)(C)C)C1)C(C)(C)C. The van der Waals surface area contributed by atoms with E-state index in [9.17, 15) is 19.5 Å². The molecular weight excluding hydrogens is 1570 g/mol. The van der Waals surface area contributed by atoms with Crippen LogP contribution in [0.2, 0.25) is 0 Å². The highest BCUT2D eigenvalue weighted by molar-refractivity contribution is 5.99. The largest absolute Gasteiger partial charge is 0.487 e. The lowest BCUT2D eigenvalue weighted by Gasteiger charge is -2.36. The number of nitrogens with zero attached hydrogens (tertiary/aromatic N) is 10. The molecular formula is C89H105N21O13. The second kappa shape index (κ2) is 37.7. The van der Waals surface area contributed by atoms with Gasteiger partial charge in [-0.15, -0.1) is 10.2 Å². The summed E-state index contributed by atoms with van der Waals surface area (Å²) in [6, 6.07) is 34.2. The molecule has 16 rings (SSSR count). The highest BCUT2D eigenvalue weighted by Gasteiger charge is 2.52. The van der Waals surface area contributed by atoms with E-state index in [4.69, 9.17) is 15.2 Å². The average Bonchev–Trinajstić information content (AvgIpc) is 1.61. The number of nitrogens with two attached hydrogens (primary N) is 1. The number of hydrogen-bond acceptors (Lipinski definition) is 21. The van der Waals surface area contributed by atoms with Gasteiger partial charge in [-0.2, -0.15) is 0 Å². The van der Waals surface area contributed by atoms with E-state index in [1.54, 1.807) is 153 Å². The molecule has 13 N–H and O–H groups in total. The summed E-state index contributed by atoms with van der Waals surface area (Å²) in [6.07, 6.45) is 3.90. The van der Waals surface area contributed by atoms with Crippen LogP contribution in [0.5, 0.6) is 11.5 Å². The molecule has 12 bridgehead atoms. The van der Waals surface area contributed by atoms with Gasteiger partial charge in [0.25, 0.3) is 0 Å². The number of rotatable bonds is 17. The quantitative estimate of drug-likeness (QED) is 0.0602. The van der Waals surface area contributed by atoms with Crippen molar-refractivity contribution in [2.24, 2.45) is 16.6 Å². The van der Waals surface area contributed by atoms with Crippen molar-refractivity contribution in [2.45, 2.75) is 186 Å². The van der Waals surface area contributed by atoms with Crippen LogP contribution in [0.15, 0.2) is 176 Å². The van der Waals surface area contributed by atoms with Crippen LogP contribution in [-0.4, -0.2) is 207 Å². The van der Waals surface area contributed by atoms with E-state index < -0.39 is 142 Å². The smallest absolute Gasteiger partial charge is 0.326 e. The number of H-pyrrole nitrogens is 1. The van der Waals surface area contributed by atoms with Crippen molar-refractivity contribution in [1.82, 2.24) is 103 Å². The normalized spacial score (nSPS) is 21.2. The summed E-state index contributed by atoms with van der Waals surface area (Å²) in [5.41, 5.74) is 8.42. The molecule has 0 saturated carbocycles. The number of likely N-dealkylation sites (tertiary alicyclic amines) is 2. The van der Waals surface area contributed by atoms with Gasteiger partial charge in [-0.3, -0.25) is 43.2 Å². The Bertz CT molecular complexity index is 5510. The van der Waals surface area contributed by atoms with Crippen molar-refractivity contribution in [1.29, 1.82) is 0 Å². The van der Waals surface area contributed by atoms with Crippen molar-refractivity contribution in [3.8, 4) is 22.9 Å². The Balaban J connectivity index is 0.854. The molecule has 9 amide bonds. The molecule has 34 heteroatoms. The van der Waals surface area contributed by atoms with Crippen LogP contribution in [0.3, 0.4) is 0 Å². The zero-order chi connectivity index (χ0) is 87.6. The second-order valence-electron chi connectivity index (χ2n) is 34.1. The number of aromatic amines is 1. The third-order valence-electron chi connectivity index (χ3n) is 22.9. The van der Waals surface area contributed by atoms with Crippen LogP contribution >= 0.6 is 0 Å². The Morgan fingerprint density at radius 1 is 0.585 bits per heavy atom. The maximum atomic E-state index is 15.8. The zero-order valence-corrected chi connectivity index (χ0v) is 70.3. The van der Waals surface area contributed by atoms with Gasteiger partial charge in [-0.1, -0.05) is 174 Å². The Kier molecular flexibility index (Phi) is 26.8. The van der Waals surface area contributed by atoms with E-state index in [-0.39, 0.29) is 71.4 Å². The standard InChI is InChI=1S/C89H105N21O13/c1-51(91-9)77(111)99-74(87(3,4)5)84(118)108-46-65-41-72(108)82(116)96-70(40-56-23-29-59-18-12-14-20-61(59)35-56)81(115)98-71(86(120)121)38-54-26-32-66(33-27-54)122-47-63-44-107(50-94-63)89(90)42-73(109(49-89)85(119)75(88(6,7)8)100-78(112)52(2)92-10)83(117)97-69(39-55-22-28-58-17-11-13-19-60(58)34-55)80(114)95-68(37-53-24-30-67(31-25-53)123-48-64-45-110(65)106-101-64)79(113)93-43-57-16-15-21-62(36-57)76-102-104-105-103-76/h11-36,44-45,50-52,65,68-75,91-92H,37-43,46-49,90H2,1-10H3,(H,93,113)(H,95,114)(H,96,116)(H,97,117)(H,98,115)(H,99,111)(H,100,112)(H,120,121)(H,102,103,104,105)/t51-,52-,65-,68-,69-,70-,71-,72-,73-,74+,75+,89-/m0/s1. The molecule has 10 aromatic rings. The topological polar surface area (TPSA) is 453 Å². The van der Waals surface area contributed by atoms with Gasteiger partial charge in [-0.05, 0) is 129 Å². The number of aliphatic carboxylic acids is 1. The number of carbonyl (C=O) groups is 10. The molecule has 2 saturated heterocycles. The van der Waals surface area contributed by atoms with E-state index >= 15 is 33.6 Å². The van der Waals surface area contributed by atoms with E-state index in [1.165, 1.54) is 20.8 Å². The number of benzene rings is 7. The number of likely N-dealkylation sites (N-methyl/N-ethyl adjacent to an activating group) is 2. The van der Waals surface area contributed by atoms with Gasteiger partial charge in [0, 0.05) is 63.4 Å². The minimum atomic E-state index is -1.57. The van der Waals surface area contributed by atoms with Crippen molar-refractivity contribution in [2.75, 3.05) is 27.2 Å².